The second kappa shape index (κ2) is 8.34. The van der Waals surface area contributed by atoms with Crippen LogP contribution in [0.3, 0.4) is 0 Å². The zero-order chi connectivity index (χ0) is 18.2. The smallest absolute Gasteiger partial charge is 0.248 e. The van der Waals surface area contributed by atoms with Gasteiger partial charge in [-0.05, 0) is 54.6 Å². The molecule has 6 nitrogen and oxygen atoms in total. The molecule has 0 aliphatic carbocycles. The van der Waals surface area contributed by atoms with Gasteiger partial charge in [-0.25, -0.2) is 0 Å². The highest BCUT2D eigenvalue weighted by molar-refractivity contribution is 6.04. The summed E-state index contributed by atoms with van der Waals surface area (Å²) in [6, 6.07) is 13.8. The number of anilines is 2. The minimum Gasteiger partial charge on any atom is -0.465 e. The Morgan fingerprint density at radius 1 is 0.731 bits per heavy atom. The molecule has 0 saturated carbocycles. The SMILES string of the molecule is O=C(/C=C/c1ccco1)Nc1cccc(NC(=O)/C=C/c2ccco2)c1. The maximum Gasteiger partial charge on any atom is 0.248 e. The van der Waals surface area contributed by atoms with Gasteiger partial charge in [0.25, 0.3) is 0 Å². The minimum atomic E-state index is -0.303. The zero-order valence-electron chi connectivity index (χ0n) is 13.7. The topological polar surface area (TPSA) is 84.5 Å². The Morgan fingerprint density at radius 3 is 1.65 bits per heavy atom. The molecule has 0 bridgehead atoms. The molecule has 2 amide bonds. The van der Waals surface area contributed by atoms with E-state index in [2.05, 4.69) is 10.6 Å². The molecule has 0 saturated heterocycles. The molecule has 0 aliphatic heterocycles. The number of hydrogen-bond donors (Lipinski definition) is 2. The lowest BCUT2D eigenvalue weighted by Crippen LogP contribution is -2.10. The van der Waals surface area contributed by atoms with E-state index in [0.29, 0.717) is 22.9 Å². The lowest BCUT2D eigenvalue weighted by atomic mass is 10.2. The highest BCUT2D eigenvalue weighted by atomic mass is 16.3. The first kappa shape index (κ1) is 17.0. The van der Waals surface area contributed by atoms with Gasteiger partial charge >= 0.3 is 0 Å². The van der Waals surface area contributed by atoms with E-state index in [1.165, 1.54) is 24.7 Å². The first-order valence-electron chi connectivity index (χ1n) is 7.84. The summed E-state index contributed by atoms with van der Waals surface area (Å²) in [6.45, 7) is 0. The Morgan fingerprint density at radius 2 is 1.23 bits per heavy atom. The Hall–Kier alpha value is -3.80. The van der Waals surface area contributed by atoms with Crippen molar-refractivity contribution >= 4 is 35.3 Å². The lowest BCUT2D eigenvalue weighted by Gasteiger charge is -2.06. The number of benzene rings is 1. The molecule has 1 aromatic carbocycles. The molecule has 0 fully saturated rings. The number of carbonyl (C=O) groups is 2. The van der Waals surface area contributed by atoms with Crippen molar-refractivity contribution in [2.45, 2.75) is 0 Å². The minimum absolute atomic E-state index is 0.303. The van der Waals surface area contributed by atoms with Crippen LogP contribution in [0.2, 0.25) is 0 Å². The number of hydrogen-bond acceptors (Lipinski definition) is 4. The molecular weight excluding hydrogens is 332 g/mol. The van der Waals surface area contributed by atoms with Gasteiger partial charge in [0.2, 0.25) is 11.8 Å². The van der Waals surface area contributed by atoms with Gasteiger partial charge in [-0.3, -0.25) is 9.59 Å². The van der Waals surface area contributed by atoms with Crippen LogP contribution < -0.4 is 10.6 Å². The molecule has 3 aromatic rings. The number of carbonyl (C=O) groups excluding carboxylic acids is 2. The Bertz CT molecular complexity index is 849. The number of nitrogens with one attached hydrogen (secondary N) is 2. The summed E-state index contributed by atoms with van der Waals surface area (Å²) in [5.74, 6) is 0.569. The molecule has 2 N–H and O–H groups in total. The molecule has 0 atom stereocenters. The predicted molar refractivity (Wildman–Crippen MR) is 99.2 cm³/mol. The highest BCUT2D eigenvalue weighted by Crippen LogP contribution is 2.15. The third-order valence-corrected chi connectivity index (χ3v) is 3.28. The van der Waals surface area contributed by atoms with E-state index in [-0.39, 0.29) is 11.8 Å². The predicted octanol–water partition coefficient (Wildman–Crippen LogP) is 4.18. The van der Waals surface area contributed by atoms with Crippen molar-refractivity contribution in [2.75, 3.05) is 10.6 Å². The largest absolute Gasteiger partial charge is 0.465 e. The normalized spacial score (nSPS) is 11.1. The maximum absolute atomic E-state index is 11.9. The second-order valence-corrected chi connectivity index (χ2v) is 5.26. The fourth-order valence-electron chi connectivity index (χ4n) is 2.13. The average Bonchev–Trinajstić information content (AvgIpc) is 3.32. The fraction of sp³-hybridized carbons (Fsp3) is 0. The molecular formula is C20H16N2O4. The van der Waals surface area contributed by atoms with Crippen molar-refractivity contribution < 1.29 is 18.4 Å². The van der Waals surface area contributed by atoms with Crippen molar-refractivity contribution in [2.24, 2.45) is 0 Å². The molecule has 0 aliphatic rings. The monoisotopic (exact) mass is 348 g/mol. The molecule has 6 heteroatoms. The molecule has 3 rings (SSSR count). The van der Waals surface area contributed by atoms with Gasteiger partial charge in [-0.2, -0.15) is 0 Å². The molecule has 0 spiro atoms. The van der Waals surface area contributed by atoms with Gasteiger partial charge in [0.1, 0.15) is 11.5 Å². The van der Waals surface area contributed by atoms with Crippen LogP contribution in [0.5, 0.6) is 0 Å². The standard InChI is InChI=1S/C20H16N2O4/c23-19(10-8-17-6-2-12-25-17)21-15-4-1-5-16(14-15)22-20(24)11-9-18-7-3-13-26-18/h1-14H,(H,21,23)(H,22,24)/b10-8+,11-9+. The van der Waals surface area contributed by atoms with Crippen LogP contribution in [0.15, 0.2) is 82.0 Å². The summed E-state index contributed by atoms with van der Waals surface area (Å²) < 4.78 is 10.2. The van der Waals surface area contributed by atoms with Gasteiger partial charge in [0, 0.05) is 23.5 Å². The molecule has 2 heterocycles. The van der Waals surface area contributed by atoms with E-state index in [1.54, 1.807) is 60.7 Å². The van der Waals surface area contributed by atoms with Gasteiger partial charge in [0.05, 0.1) is 12.5 Å². The van der Waals surface area contributed by atoms with Gasteiger partial charge in [-0.15, -0.1) is 0 Å². The maximum atomic E-state index is 11.9. The summed E-state index contributed by atoms with van der Waals surface area (Å²) in [6.07, 6.45) is 8.95. The summed E-state index contributed by atoms with van der Waals surface area (Å²) in [4.78, 5) is 23.9. The van der Waals surface area contributed by atoms with Gasteiger partial charge in [-0.1, -0.05) is 6.07 Å². The van der Waals surface area contributed by atoms with Gasteiger partial charge < -0.3 is 19.5 Å². The fourth-order valence-corrected chi connectivity index (χ4v) is 2.13. The van der Waals surface area contributed by atoms with Crippen molar-refractivity contribution in [1.82, 2.24) is 0 Å². The number of rotatable bonds is 6. The molecule has 0 radical (unpaired) electrons. The third-order valence-electron chi connectivity index (χ3n) is 3.28. The van der Waals surface area contributed by atoms with E-state index in [1.807, 2.05) is 0 Å². The van der Waals surface area contributed by atoms with E-state index in [0.717, 1.165) is 0 Å². The molecule has 0 unspecified atom stereocenters. The van der Waals surface area contributed by atoms with Crippen LogP contribution in [0.25, 0.3) is 12.2 Å². The second-order valence-electron chi connectivity index (χ2n) is 5.26. The quantitative estimate of drug-likeness (QED) is 0.655. The van der Waals surface area contributed by atoms with E-state index < -0.39 is 0 Å². The summed E-state index contributed by atoms with van der Waals surface area (Å²) >= 11 is 0. The van der Waals surface area contributed by atoms with E-state index in [4.69, 9.17) is 8.83 Å². The number of amides is 2. The number of furan rings is 2. The van der Waals surface area contributed by atoms with Gasteiger partial charge in [0.15, 0.2) is 0 Å². The molecule has 130 valence electrons. The first-order chi connectivity index (χ1) is 12.7. The van der Waals surface area contributed by atoms with Crippen LogP contribution in [-0.2, 0) is 9.59 Å². The van der Waals surface area contributed by atoms with Crippen molar-refractivity contribution in [3.05, 3.63) is 84.7 Å². The molecule has 2 aromatic heterocycles. The van der Waals surface area contributed by atoms with Crippen molar-refractivity contribution in [3.63, 3.8) is 0 Å². The van der Waals surface area contributed by atoms with Crippen molar-refractivity contribution in [1.29, 1.82) is 0 Å². The lowest BCUT2D eigenvalue weighted by molar-refractivity contribution is -0.112. The van der Waals surface area contributed by atoms with Crippen LogP contribution in [0.1, 0.15) is 11.5 Å². The Labute approximate surface area is 149 Å². The first-order valence-corrected chi connectivity index (χ1v) is 7.84. The zero-order valence-corrected chi connectivity index (χ0v) is 13.7. The Balaban J connectivity index is 1.57. The van der Waals surface area contributed by atoms with Crippen LogP contribution in [-0.4, -0.2) is 11.8 Å². The highest BCUT2D eigenvalue weighted by Gasteiger charge is 2.02. The summed E-state index contributed by atoms with van der Waals surface area (Å²) in [5.41, 5.74) is 1.12. The summed E-state index contributed by atoms with van der Waals surface area (Å²) in [7, 11) is 0. The van der Waals surface area contributed by atoms with Crippen LogP contribution >= 0.6 is 0 Å². The van der Waals surface area contributed by atoms with Crippen molar-refractivity contribution in [3.8, 4) is 0 Å². The molecule has 26 heavy (non-hydrogen) atoms. The Kier molecular flexibility index (Phi) is 5.47. The summed E-state index contributed by atoms with van der Waals surface area (Å²) in [5, 5.41) is 5.44. The third kappa shape index (κ3) is 5.10. The average molecular weight is 348 g/mol. The van der Waals surface area contributed by atoms with Crippen LogP contribution in [0, 0.1) is 0 Å². The van der Waals surface area contributed by atoms with E-state index >= 15 is 0 Å². The van der Waals surface area contributed by atoms with E-state index in [9.17, 15) is 9.59 Å². The van der Waals surface area contributed by atoms with Crippen LogP contribution in [0.4, 0.5) is 11.4 Å².